The van der Waals surface area contributed by atoms with E-state index in [1.807, 2.05) is 13.0 Å². The summed E-state index contributed by atoms with van der Waals surface area (Å²) in [5.41, 5.74) is 0. The molecular formula is C48H73NO18. The largest absolute Gasteiger partial charge is 0.481 e. The van der Waals surface area contributed by atoms with Crippen molar-refractivity contribution >= 4 is 18.3 Å². The Morgan fingerprint density at radius 1 is 0.687 bits per heavy atom. The van der Waals surface area contributed by atoms with Crippen molar-refractivity contribution in [3.63, 3.8) is 0 Å². The smallest absolute Gasteiger partial charge is 0.311 e. The van der Waals surface area contributed by atoms with Gasteiger partial charge < -0.3 is 80.4 Å². The average Bonchev–Trinajstić information content (AvgIpc) is 3.24. The number of fused-ring (bicyclic) bond motifs is 2. The van der Waals surface area contributed by atoms with Gasteiger partial charge in [-0.3, -0.25) is 14.4 Å². The number of ether oxygens (including phenoxy) is 4. The molecule has 1 amide bonds. The Bertz CT molecular complexity index is 1730. The van der Waals surface area contributed by atoms with Crippen molar-refractivity contribution in [1.82, 2.24) is 5.32 Å². The van der Waals surface area contributed by atoms with Crippen molar-refractivity contribution in [2.24, 2.45) is 17.8 Å². The number of carbonyl (C=O) groups is 3. The van der Waals surface area contributed by atoms with Gasteiger partial charge in [0.15, 0.2) is 12.1 Å². The topological polar surface area (TPSA) is 323 Å². The fraction of sp³-hybridized carbons (Fsp3) is 0.646. The Hall–Kier alpha value is -3.93. The minimum absolute atomic E-state index is 0.119. The lowest BCUT2D eigenvalue weighted by atomic mass is 9.82. The van der Waals surface area contributed by atoms with Gasteiger partial charge >= 0.3 is 11.9 Å². The van der Waals surface area contributed by atoms with E-state index in [1.165, 1.54) is 13.0 Å². The molecule has 12 N–H and O–H groups in total. The van der Waals surface area contributed by atoms with Gasteiger partial charge in [0.1, 0.15) is 24.2 Å². The average molecular weight is 952 g/mol. The van der Waals surface area contributed by atoms with Crippen LogP contribution in [-0.2, 0) is 33.3 Å². The van der Waals surface area contributed by atoms with Gasteiger partial charge in [0.2, 0.25) is 6.41 Å². The van der Waals surface area contributed by atoms with Crippen molar-refractivity contribution in [2.45, 2.75) is 177 Å². The van der Waals surface area contributed by atoms with Crippen molar-refractivity contribution < 1.29 is 89.5 Å². The van der Waals surface area contributed by atoms with E-state index in [1.54, 1.807) is 86.8 Å². The summed E-state index contributed by atoms with van der Waals surface area (Å²) in [6, 6.07) is -1.20. The standard InChI is InChI=1S/C48H73NO18/c1-28-17-15-13-11-9-7-5-6-8-10-12-14-16-18-35(66-47-45(60)42(49-27-50)44(59)31(4)65-47)24-39-41(46(61)62)38(56)26-48(63,67-39)25-34(53)22-37(55)36(54)20-19-32(51)21-33(52)23-40(57)64-30(3)29(2)43(28)58/h5-18,27-39,41-45,47,51-56,58-60,63H,19-26H2,1-4H3,(H,49,50)(H,61,62)/t28-,29-,30-,31+,32+,33+,34-,35-,36+,37+,38-,39-,41+,42-,43+,44+,45-,47-,48+/m0/s1. The third-order valence-electron chi connectivity index (χ3n) is 12.2. The van der Waals surface area contributed by atoms with Crippen LogP contribution in [0.15, 0.2) is 85.1 Å². The zero-order valence-electron chi connectivity index (χ0n) is 38.5. The first kappa shape index (κ1) is 57.4. The molecule has 2 bridgehead atoms. The summed E-state index contributed by atoms with van der Waals surface area (Å²) >= 11 is 0. The predicted octanol–water partition coefficient (Wildman–Crippen LogP) is 0.499. The van der Waals surface area contributed by atoms with Crippen molar-refractivity contribution in [2.75, 3.05) is 0 Å². The summed E-state index contributed by atoms with van der Waals surface area (Å²) in [5.74, 6) is -6.94. The number of hydrogen-bond donors (Lipinski definition) is 12. The highest BCUT2D eigenvalue weighted by Gasteiger charge is 2.51. The number of esters is 1. The van der Waals surface area contributed by atoms with Crippen LogP contribution in [0.4, 0.5) is 0 Å². The molecule has 0 aromatic heterocycles. The van der Waals surface area contributed by atoms with Crippen LogP contribution in [0.5, 0.6) is 0 Å². The number of aliphatic hydroxyl groups excluding tert-OH is 9. The number of allylic oxidation sites excluding steroid dienone is 12. The van der Waals surface area contributed by atoms with Crippen LogP contribution in [0.3, 0.4) is 0 Å². The molecule has 67 heavy (non-hydrogen) atoms. The third kappa shape index (κ3) is 19.2. The normalized spacial score (nSPS) is 41.0. The van der Waals surface area contributed by atoms with Gasteiger partial charge in [-0.2, -0.15) is 0 Å². The molecular weight excluding hydrogens is 879 g/mol. The van der Waals surface area contributed by atoms with Crippen molar-refractivity contribution in [1.29, 1.82) is 0 Å². The molecule has 3 aliphatic rings. The van der Waals surface area contributed by atoms with Gasteiger partial charge in [0.25, 0.3) is 0 Å². The lowest BCUT2D eigenvalue weighted by Crippen LogP contribution is -2.63. The first-order valence-corrected chi connectivity index (χ1v) is 22.8. The molecule has 0 radical (unpaired) electrons. The van der Waals surface area contributed by atoms with E-state index >= 15 is 0 Å². The van der Waals surface area contributed by atoms with Gasteiger partial charge in [-0.1, -0.05) is 98.9 Å². The Labute approximate surface area is 391 Å². The van der Waals surface area contributed by atoms with Crippen LogP contribution in [0.1, 0.15) is 79.1 Å². The number of carboxylic acid groups (broad SMARTS) is 1. The maximum absolute atomic E-state index is 12.6. The van der Waals surface area contributed by atoms with Gasteiger partial charge in [0.05, 0.1) is 73.5 Å². The molecule has 3 aliphatic heterocycles. The number of rotatable bonds is 5. The maximum atomic E-state index is 12.6. The Balaban J connectivity index is 1.88. The second kappa shape index (κ2) is 28.5. The number of carboxylic acids is 1. The number of carbonyl (C=O) groups excluding carboxylic acids is 2. The van der Waals surface area contributed by atoms with Crippen LogP contribution in [0.25, 0.3) is 0 Å². The minimum atomic E-state index is -2.36. The van der Waals surface area contributed by atoms with Crippen LogP contribution in [-0.4, -0.2) is 172 Å². The van der Waals surface area contributed by atoms with Crippen molar-refractivity contribution in [3.05, 3.63) is 85.1 Å². The molecule has 0 spiro atoms. The SMILES string of the molecule is C[C@@H]1[C@H](O)[C@@H](C)C=CC=CC=CC=CC=CC=CC=C[C@H](O[C@@H]2O[C@H](C)[C@@H](O)[C@H](NC=O)[C@@H]2O)C[C@@H]2O[C@](O)(C[C@@H](O)C[C@@H](O)[C@H](O)CC[C@@H](O)C[C@@H](O)CC(=O)O[C@H]1C)C[C@H](O)[C@H]2C(=O)O. The second-order valence-electron chi connectivity index (χ2n) is 17.8. The second-order valence-corrected chi connectivity index (χ2v) is 17.8. The third-order valence-corrected chi connectivity index (χ3v) is 12.2. The monoisotopic (exact) mass is 951 g/mol. The first-order valence-electron chi connectivity index (χ1n) is 22.8. The molecule has 0 saturated carbocycles. The molecule has 3 rings (SSSR count). The van der Waals surface area contributed by atoms with Gasteiger partial charge in [-0.15, -0.1) is 0 Å². The molecule has 2 fully saturated rings. The zero-order valence-corrected chi connectivity index (χ0v) is 38.5. The van der Waals surface area contributed by atoms with Crippen LogP contribution >= 0.6 is 0 Å². The molecule has 19 atom stereocenters. The summed E-state index contributed by atoms with van der Waals surface area (Å²) < 4.78 is 23.2. The van der Waals surface area contributed by atoms with Crippen LogP contribution in [0.2, 0.25) is 0 Å². The predicted molar refractivity (Wildman–Crippen MR) is 242 cm³/mol. The molecule has 19 heteroatoms. The molecule has 19 nitrogen and oxygen atoms in total. The molecule has 378 valence electrons. The summed E-state index contributed by atoms with van der Waals surface area (Å²) in [5, 5.41) is 121. The quantitative estimate of drug-likeness (QED) is 0.132. The van der Waals surface area contributed by atoms with E-state index in [9.17, 15) is 70.6 Å². The summed E-state index contributed by atoms with van der Waals surface area (Å²) in [6.07, 6.45) is 2.79. The van der Waals surface area contributed by atoms with E-state index in [0.29, 0.717) is 6.41 Å². The minimum Gasteiger partial charge on any atom is -0.481 e. The number of hydrogen-bond acceptors (Lipinski definition) is 17. The summed E-state index contributed by atoms with van der Waals surface area (Å²) in [6.45, 7) is 6.69. The highest BCUT2D eigenvalue weighted by Crippen LogP contribution is 2.38. The first-order chi connectivity index (χ1) is 31.7. The number of amides is 1. The number of nitrogens with one attached hydrogen (secondary N) is 1. The molecule has 0 unspecified atom stereocenters. The lowest BCUT2D eigenvalue weighted by molar-refractivity contribution is -0.309. The lowest BCUT2D eigenvalue weighted by Gasteiger charge is -2.45. The summed E-state index contributed by atoms with van der Waals surface area (Å²) in [7, 11) is 0. The zero-order chi connectivity index (χ0) is 49.8. The van der Waals surface area contributed by atoms with E-state index in [-0.39, 0.29) is 31.6 Å². The highest BCUT2D eigenvalue weighted by atomic mass is 16.7. The van der Waals surface area contributed by atoms with Gasteiger partial charge in [0, 0.05) is 37.5 Å². The number of aliphatic carboxylic acids is 1. The Morgan fingerprint density at radius 2 is 1.27 bits per heavy atom. The molecule has 0 aliphatic carbocycles. The van der Waals surface area contributed by atoms with E-state index in [2.05, 4.69) is 5.32 Å². The van der Waals surface area contributed by atoms with Crippen LogP contribution in [0, 0.1) is 17.8 Å². The molecule has 3 heterocycles. The Kier molecular flexibility index (Phi) is 24.4. The highest BCUT2D eigenvalue weighted by molar-refractivity contribution is 5.71. The molecule has 0 aromatic rings. The van der Waals surface area contributed by atoms with Gasteiger partial charge in [-0.05, 0) is 33.1 Å². The fourth-order valence-electron chi connectivity index (χ4n) is 8.21. The van der Waals surface area contributed by atoms with E-state index < -0.39 is 147 Å². The summed E-state index contributed by atoms with van der Waals surface area (Å²) in [4.78, 5) is 36.4. The number of aliphatic hydroxyl groups is 10. The fourth-order valence-corrected chi connectivity index (χ4v) is 8.21. The van der Waals surface area contributed by atoms with Gasteiger partial charge in [-0.25, -0.2) is 0 Å². The van der Waals surface area contributed by atoms with E-state index in [4.69, 9.17) is 18.9 Å². The molecule has 2 saturated heterocycles. The maximum Gasteiger partial charge on any atom is 0.311 e. The number of cyclic esters (lactones) is 1. The van der Waals surface area contributed by atoms with Crippen molar-refractivity contribution in [3.8, 4) is 0 Å². The Morgan fingerprint density at radius 3 is 1.85 bits per heavy atom. The van der Waals surface area contributed by atoms with E-state index in [0.717, 1.165) is 0 Å². The molecule has 0 aromatic carbocycles. The van der Waals surface area contributed by atoms with Crippen LogP contribution < -0.4 is 5.32 Å².